The van der Waals surface area contributed by atoms with Crippen molar-refractivity contribution < 1.29 is 78.3 Å². The number of aliphatic hydroxyl groups is 1. The molecule has 0 bridgehead atoms. The number of carboxylic acid groups (broad SMARTS) is 3. The number of carboxylic acids is 3. The van der Waals surface area contributed by atoms with Gasteiger partial charge in [-0.25, -0.2) is 4.79 Å². The highest BCUT2D eigenvalue weighted by Crippen LogP contribution is 2.20. The maximum atomic E-state index is 14.0. The molecule has 15 N–H and O–H groups in total. The fourth-order valence-corrected chi connectivity index (χ4v) is 6.64. The van der Waals surface area contributed by atoms with E-state index >= 15 is 0 Å². The van der Waals surface area contributed by atoms with Gasteiger partial charge in [0.05, 0.1) is 25.5 Å². The minimum absolute atomic E-state index is 0.0160. The molecular weight excluding hydrogens is 883 g/mol. The number of rotatable bonds is 27. The van der Waals surface area contributed by atoms with E-state index in [1.807, 2.05) is 0 Å². The Morgan fingerprint density at radius 2 is 1.32 bits per heavy atom. The molecule has 1 aromatic carbocycles. The van der Waals surface area contributed by atoms with Crippen molar-refractivity contribution >= 4 is 77.8 Å². The smallest absolute Gasteiger partial charge is 0.326 e. The maximum Gasteiger partial charge on any atom is 0.326 e. The topological polar surface area (TPSA) is 416 Å². The molecule has 65 heavy (non-hydrogen) atoms. The number of carbonyl (C=O) groups is 11. The van der Waals surface area contributed by atoms with Crippen LogP contribution in [0.3, 0.4) is 0 Å². The monoisotopic (exact) mass is 939 g/mol. The summed E-state index contributed by atoms with van der Waals surface area (Å²) in [5, 5.41) is 61.5. The first-order valence-electron chi connectivity index (χ1n) is 20.4. The predicted octanol–water partition coefficient (Wildman–Crippen LogP) is -4.57. The number of hydrogen-bond acceptors (Lipinski definition) is 15. The second-order valence-corrected chi connectivity index (χ2v) is 15.6. The zero-order valence-corrected chi connectivity index (χ0v) is 36.5. The molecule has 1 aliphatic rings. The Balaban J connectivity index is 2.28. The van der Waals surface area contributed by atoms with Crippen molar-refractivity contribution in [3.63, 3.8) is 0 Å². The van der Waals surface area contributed by atoms with Crippen LogP contribution < -0.4 is 43.4 Å². The Hall–Kier alpha value is -6.54. The van der Waals surface area contributed by atoms with Crippen molar-refractivity contribution in [1.82, 2.24) is 36.8 Å². The van der Waals surface area contributed by atoms with Crippen LogP contribution in [0.4, 0.5) is 0 Å². The Bertz CT molecular complexity index is 1920. The quantitative estimate of drug-likeness (QED) is 0.0369. The van der Waals surface area contributed by atoms with Gasteiger partial charge in [0.1, 0.15) is 48.0 Å². The first kappa shape index (κ1) is 54.6. The summed E-state index contributed by atoms with van der Waals surface area (Å²) in [7, 11) is 0. The van der Waals surface area contributed by atoms with Gasteiger partial charge in [-0.05, 0) is 42.9 Å². The number of phenolic OH excluding ortho intramolecular Hbond substituents is 1. The molecule has 1 saturated heterocycles. The molecule has 1 aliphatic heterocycles. The van der Waals surface area contributed by atoms with E-state index in [0.717, 1.165) is 4.90 Å². The Labute approximate surface area is 377 Å². The number of aliphatic carboxylic acids is 3. The fraction of sp³-hybridized carbons (Fsp3) is 0.564. The van der Waals surface area contributed by atoms with Crippen molar-refractivity contribution in [2.24, 2.45) is 17.4 Å². The van der Waals surface area contributed by atoms with E-state index < -0.39 is 152 Å². The lowest BCUT2D eigenvalue weighted by Gasteiger charge is -2.30. The first-order chi connectivity index (χ1) is 30.5. The van der Waals surface area contributed by atoms with E-state index in [4.69, 9.17) is 16.6 Å². The first-order valence-corrected chi connectivity index (χ1v) is 21.0. The highest BCUT2D eigenvalue weighted by atomic mass is 32.1. The van der Waals surface area contributed by atoms with E-state index in [0.29, 0.717) is 5.56 Å². The summed E-state index contributed by atoms with van der Waals surface area (Å²) < 4.78 is 0. The van der Waals surface area contributed by atoms with Gasteiger partial charge in [-0.3, -0.25) is 47.9 Å². The van der Waals surface area contributed by atoms with E-state index in [2.05, 4.69) is 44.5 Å². The minimum Gasteiger partial charge on any atom is -0.508 e. The molecule has 0 aromatic heterocycles. The Kier molecular flexibility index (Phi) is 22.1. The van der Waals surface area contributed by atoms with Crippen molar-refractivity contribution in [1.29, 1.82) is 0 Å². The predicted molar refractivity (Wildman–Crippen MR) is 227 cm³/mol. The number of hydrogen-bond donors (Lipinski definition) is 14. The van der Waals surface area contributed by atoms with Gasteiger partial charge in [-0.1, -0.05) is 32.4 Å². The lowest BCUT2D eigenvalue weighted by Crippen LogP contribution is -2.61. The molecule has 1 heterocycles. The fourth-order valence-electron chi connectivity index (χ4n) is 6.48. The number of phenols is 1. The zero-order chi connectivity index (χ0) is 49.1. The average Bonchev–Trinajstić information content (AvgIpc) is 3.74. The molecular formula is C39H57N9O16S. The second-order valence-electron chi connectivity index (χ2n) is 15.2. The summed E-state index contributed by atoms with van der Waals surface area (Å²) in [6, 6.07) is -6.91. The van der Waals surface area contributed by atoms with Crippen LogP contribution in [0.1, 0.15) is 64.4 Å². The summed E-state index contributed by atoms with van der Waals surface area (Å²) in [4.78, 5) is 142. The Morgan fingerprint density at radius 1 is 0.754 bits per heavy atom. The lowest BCUT2D eigenvalue weighted by atomic mass is 9.97. The third kappa shape index (κ3) is 17.5. The highest BCUT2D eigenvalue weighted by molar-refractivity contribution is 7.80. The van der Waals surface area contributed by atoms with Crippen LogP contribution in [-0.4, -0.2) is 163 Å². The number of nitrogens with one attached hydrogen (secondary N) is 6. The van der Waals surface area contributed by atoms with Gasteiger partial charge >= 0.3 is 17.9 Å². The summed E-state index contributed by atoms with van der Waals surface area (Å²) in [5.74, 6) is -13.7. The average molecular weight is 940 g/mol. The maximum absolute atomic E-state index is 14.0. The van der Waals surface area contributed by atoms with Crippen molar-refractivity contribution in [2.75, 3.05) is 18.9 Å². The van der Waals surface area contributed by atoms with E-state index in [1.54, 1.807) is 6.92 Å². The molecule has 25 nitrogen and oxygen atoms in total. The number of aromatic hydroxyl groups is 1. The summed E-state index contributed by atoms with van der Waals surface area (Å²) >= 11 is 3.99. The normalized spacial score (nSPS) is 17.0. The number of thiol groups is 1. The van der Waals surface area contributed by atoms with Crippen LogP contribution in [0.2, 0.25) is 0 Å². The molecule has 0 spiro atoms. The van der Waals surface area contributed by atoms with E-state index in [9.17, 15) is 73.2 Å². The van der Waals surface area contributed by atoms with Crippen molar-refractivity contribution in [3.05, 3.63) is 29.8 Å². The van der Waals surface area contributed by atoms with Crippen LogP contribution >= 0.6 is 12.6 Å². The second kappa shape index (κ2) is 26.3. The summed E-state index contributed by atoms with van der Waals surface area (Å²) in [6.45, 7) is 1.91. The summed E-state index contributed by atoms with van der Waals surface area (Å²) in [5.41, 5.74) is 11.7. The van der Waals surface area contributed by atoms with Crippen LogP contribution in [0.25, 0.3) is 0 Å². The number of aliphatic hydroxyl groups excluding tert-OH is 1. The van der Waals surface area contributed by atoms with Gasteiger partial charge < -0.3 is 73.8 Å². The van der Waals surface area contributed by atoms with Gasteiger partial charge in [0.2, 0.25) is 47.3 Å². The molecule has 2 rings (SSSR count). The van der Waals surface area contributed by atoms with Crippen LogP contribution in [0, 0.1) is 5.92 Å². The highest BCUT2D eigenvalue weighted by Gasteiger charge is 2.41. The van der Waals surface area contributed by atoms with Crippen LogP contribution in [0.15, 0.2) is 24.3 Å². The number of benzene rings is 1. The van der Waals surface area contributed by atoms with Gasteiger partial charge in [0, 0.05) is 25.1 Å². The number of carbonyl (C=O) groups excluding carboxylic acids is 8. The molecule has 360 valence electrons. The Morgan fingerprint density at radius 3 is 1.86 bits per heavy atom. The molecule has 0 saturated carbocycles. The van der Waals surface area contributed by atoms with Gasteiger partial charge in [0.25, 0.3) is 0 Å². The standard InChI is InChI=1S/C39H57N9O16S/c1-3-18(2)31(37(61)42-22(39(63)64)10-11-29(52)53)47-34(58)24(15-30(54)55)44-35(59)26(16-49)46-36(60)27-5-4-12-48(27)38(62)25(14-28(41)51)45-33(57)23(43-32(56)21(40)17-65)13-19-6-8-20(50)9-7-19/h6-9,18,21-27,31,49-50,65H,3-5,10-17,40H2,1-2H3,(H2,41,51)(H,42,61)(H,43,56)(H,44,59)(H,45,57)(H,46,60)(H,47,58)(H,52,53)(H,54,55)(H,63,64). The molecule has 9 atom stereocenters. The number of primary amides is 1. The third-order valence-corrected chi connectivity index (χ3v) is 10.7. The lowest BCUT2D eigenvalue weighted by molar-refractivity contribution is -0.145. The largest absolute Gasteiger partial charge is 0.508 e. The van der Waals surface area contributed by atoms with Gasteiger partial charge in [0.15, 0.2) is 0 Å². The van der Waals surface area contributed by atoms with Gasteiger partial charge in [-0.2, -0.15) is 12.6 Å². The summed E-state index contributed by atoms with van der Waals surface area (Å²) in [6.07, 6.45) is -2.70. The molecule has 26 heteroatoms. The van der Waals surface area contributed by atoms with Crippen LogP contribution in [-0.2, 0) is 59.2 Å². The third-order valence-electron chi connectivity index (χ3n) is 10.3. The molecule has 1 fully saturated rings. The molecule has 9 unspecified atom stereocenters. The zero-order valence-electron chi connectivity index (χ0n) is 35.6. The number of nitrogens with zero attached hydrogens (tertiary/aromatic N) is 1. The molecule has 0 radical (unpaired) electrons. The number of likely N-dealkylation sites (tertiary alicyclic amines) is 1. The minimum atomic E-state index is -1.94. The van der Waals surface area contributed by atoms with Crippen molar-refractivity contribution in [3.8, 4) is 5.75 Å². The number of amides is 8. The molecule has 1 aromatic rings. The molecule has 8 amide bonds. The van der Waals surface area contributed by atoms with E-state index in [-0.39, 0.29) is 43.7 Å². The molecule has 0 aliphatic carbocycles. The number of nitrogens with two attached hydrogens (primary N) is 2. The SMILES string of the molecule is CCC(C)C(NC(=O)C(CC(=O)O)NC(=O)C(CO)NC(=O)C1CCCN1C(=O)C(CC(N)=O)NC(=O)C(Cc1ccc(O)cc1)NC(=O)C(N)CS)C(=O)NC(CCC(=O)O)C(=O)O. The van der Waals surface area contributed by atoms with Gasteiger partial charge in [-0.15, -0.1) is 0 Å². The van der Waals surface area contributed by atoms with E-state index in [1.165, 1.54) is 31.2 Å². The van der Waals surface area contributed by atoms with Crippen molar-refractivity contribution in [2.45, 2.75) is 114 Å². The van der Waals surface area contributed by atoms with Crippen LogP contribution in [0.5, 0.6) is 5.75 Å².